The van der Waals surface area contributed by atoms with E-state index >= 15 is 0 Å². The van der Waals surface area contributed by atoms with E-state index in [1.165, 1.54) is 24.3 Å². The van der Waals surface area contributed by atoms with E-state index in [0.29, 0.717) is 25.0 Å². The van der Waals surface area contributed by atoms with Crippen molar-refractivity contribution in [2.24, 2.45) is 0 Å². The lowest BCUT2D eigenvalue weighted by Gasteiger charge is -2.11. The van der Waals surface area contributed by atoms with E-state index in [-0.39, 0.29) is 17.7 Å². The standard InChI is InChI=1S/C15H21FO2/c1-3-5-12(2)18-11-4-6-15(17)13-7-9-14(16)10-8-13/h7-10,12H,3-6,11H2,1-2H3. The van der Waals surface area contributed by atoms with Crippen molar-refractivity contribution < 1.29 is 13.9 Å². The molecular formula is C15H21FO2. The SMILES string of the molecule is CCCC(C)OCCCC(=O)c1ccc(F)cc1. The van der Waals surface area contributed by atoms with Gasteiger partial charge in [0.1, 0.15) is 5.82 Å². The lowest BCUT2D eigenvalue weighted by Crippen LogP contribution is -2.10. The van der Waals surface area contributed by atoms with Gasteiger partial charge in [-0.1, -0.05) is 13.3 Å². The topological polar surface area (TPSA) is 26.3 Å². The minimum absolute atomic E-state index is 0.0433. The molecule has 0 amide bonds. The molecule has 0 radical (unpaired) electrons. The largest absolute Gasteiger partial charge is 0.378 e. The molecule has 1 atom stereocenters. The van der Waals surface area contributed by atoms with Crippen LogP contribution in [0.5, 0.6) is 0 Å². The first-order valence-electron chi connectivity index (χ1n) is 6.54. The van der Waals surface area contributed by atoms with Crippen LogP contribution in [0, 0.1) is 5.82 Å². The number of hydrogen-bond donors (Lipinski definition) is 0. The van der Waals surface area contributed by atoms with Crippen LogP contribution in [0.15, 0.2) is 24.3 Å². The van der Waals surface area contributed by atoms with Gasteiger partial charge in [0, 0.05) is 18.6 Å². The normalized spacial score (nSPS) is 12.4. The number of hydrogen-bond acceptors (Lipinski definition) is 2. The van der Waals surface area contributed by atoms with Crippen LogP contribution in [-0.2, 0) is 4.74 Å². The molecule has 0 fully saturated rings. The van der Waals surface area contributed by atoms with Gasteiger partial charge in [-0.05, 0) is 44.0 Å². The zero-order valence-corrected chi connectivity index (χ0v) is 11.1. The van der Waals surface area contributed by atoms with Crippen molar-refractivity contribution in [1.29, 1.82) is 0 Å². The molecule has 0 saturated carbocycles. The molecule has 18 heavy (non-hydrogen) atoms. The molecule has 0 aliphatic rings. The molecule has 0 heterocycles. The molecule has 1 aromatic rings. The van der Waals surface area contributed by atoms with Crippen LogP contribution in [0.2, 0.25) is 0 Å². The minimum Gasteiger partial charge on any atom is -0.378 e. The molecule has 1 unspecified atom stereocenters. The molecule has 1 aromatic carbocycles. The van der Waals surface area contributed by atoms with Gasteiger partial charge in [0.25, 0.3) is 0 Å². The average Bonchev–Trinajstić information content (AvgIpc) is 2.35. The Balaban J connectivity index is 2.23. The molecule has 0 saturated heterocycles. The number of carbonyl (C=O) groups is 1. The summed E-state index contributed by atoms with van der Waals surface area (Å²) in [5.41, 5.74) is 0.568. The summed E-state index contributed by atoms with van der Waals surface area (Å²) in [6, 6.07) is 5.68. The first-order valence-corrected chi connectivity index (χ1v) is 6.54. The van der Waals surface area contributed by atoms with Crippen LogP contribution < -0.4 is 0 Å². The van der Waals surface area contributed by atoms with Gasteiger partial charge in [-0.25, -0.2) is 4.39 Å². The van der Waals surface area contributed by atoms with Crippen LogP contribution in [-0.4, -0.2) is 18.5 Å². The highest BCUT2D eigenvalue weighted by Crippen LogP contribution is 2.08. The summed E-state index contributed by atoms with van der Waals surface area (Å²) in [6.07, 6.45) is 3.58. The third-order valence-corrected chi connectivity index (χ3v) is 2.81. The van der Waals surface area contributed by atoms with Crippen LogP contribution in [0.3, 0.4) is 0 Å². The fraction of sp³-hybridized carbons (Fsp3) is 0.533. The average molecular weight is 252 g/mol. The van der Waals surface area contributed by atoms with E-state index < -0.39 is 0 Å². The molecule has 0 spiro atoms. The predicted octanol–water partition coefficient (Wildman–Crippen LogP) is 3.99. The zero-order chi connectivity index (χ0) is 13.4. The van der Waals surface area contributed by atoms with Crippen molar-refractivity contribution in [2.75, 3.05) is 6.61 Å². The fourth-order valence-corrected chi connectivity index (χ4v) is 1.79. The Labute approximate surface area is 108 Å². The number of carbonyl (C=O) groups excluding carboxylic acids is 1. The summed E-state index contributed by atoms with van der Waals surface area (Å²) in [7, 11) is 0. The maximum Gasteiger partial charge on any atom is 0.162 e. The van der Waals surface area contributed by atoms with Crippen molar-refractivity contribution in [3.63, 3.8) is 0 Å². The highest BCUT2D eigenvalue weighted by atomic mass is 19.1. The van der Waals surface area contributed by atoms with Gasteiger partial charge in [0.15, 0.2) is 5.78 Å². The third kappa shape index (κ3) is 5.41. The molecule has 0 aromatic heterocycles. The number of halogens is 1. The molecule has 0 aliphatic carbocycles. The van der Waals surface area contributed by atoms with Gasteiger partial charge in [0.05, 0.1) is 6.10 Å². The monoisotopic (exact) mass is 252 g/mol. The smallest absolute Gasteiger partial charge is 0.162 e. The predicted molar refractivity (Wildman–Crippen MR) is 70.3 cm³/mol. The summed E-state index contributed by atoms with van der Waals surface area (Å²) in [6.45, 7) is 4.78. The first-order chi connectivity index (χ1) is 8.63. The van der Waals surface area contributed by atoms with Gasteiger partial charge in [-0.15, -0.1) is 0 Å². The summed E-state index contributed by atoms with van der Waals surface area (Å²) in [5.74, 6) is -0.273. The lowest BCUT2D eigenvalue weighted by atomic mass is 10.1. The van der Waals surface area contributed by atoms with Crippen LogP contribution >= 0.6 is 0 Å². The maximum atomic E-state index is 12.7. The van der Waals surface area contributed by atoms with Crippen LogP contribution in [0.1, 0.15) is 49.9 Å². The lowest BCUT2D eigenvalue weighted by molar-refractivity contribution is 0.0559. The van der Waals surface area contributed by atoms with Crippen molar-refractivity contribution in [2.45, 2.75) is 45.6 Å². The Kier molecular flexibility index (Phi) is 6.58. The van der Waals surface area contributed by atoms with E-state index in [1.54, 1.807) is 0 Å². The summed E-state index contributed by atoms with van der Waals surface area (Å²) in [4.78, 5) is 11.7. The molecule has 0 bridgehead atoms. The number of Topliss-reactive ketones (excluding diaryl/α,β-unsaturated/α-hetero) is 1. The number of rotatable bonds is 8. The number of benzene rings is 1. The zero-order valence-electron chi connectivity index (χ0n) is 11.1. The molecule has 1 rings (SSSR count). The molecular weight excluding hydrogens is 231 g/mol. The van der Waals surface area contributed by atoms with Gasteiger partial charge in [-0.2, -0.15) is 0 Å². The van der Waals surface area contributed by atoms with Crippen molar-refractivity contribution in [3.8, 4) is 0 Å². The van der Waals surface area contributed by atoms with Crippen molar-refractivity contribution in [3.05, 3.63) is 35.6 Å². The summed E-state index contributed by atoms with van der Waals surface area (Å²) in [5, 5.41) is 0. The molecule has 0 aliphatic heterocycles. The highest BCUT2D eigenvalue weighted by Gasteiger charge is 2.06. The third-order valence-electron chi connectivity index (χ3n) is 2.81. The Morgan fingerprint density at radius 3 is 2.61 bits per heavy atom. The molecule has 0 N–H and O–H groups in total. The van der Waals surface area contributed by atoms with Crippen molar-refractivity contribution >= 4 is 5.78 Å². The van der Waals surface area contributed by atoms with Crippen LogP contribution in [0.4, 0.5) is 4.39 Å². The van der Waals surface area contributed by atoms with E-state index in [9.17, 15) is 9.18 Å². The number of ether oxygens (including phenoxy) is 1. The Morgan fingerprint density at radius 2 is 2.00 bits per heavy atom. The minimum atomic E-state index is -0.316. The second-order valence-corrected chi connectivity index (χ2v) is 4.50. The first kappa shape index (κ1) is 14.8. The number of ketones is 1. The Morgan fingerprint density at radius 1 is 1.33 bits per heavy atom. The van der Waals surface area contributed by atoms with Gasteiger partial charge in [0.2, 0.25) is 0 Å². The van der Waals surface area contributed by atoms with Gasteiger partial charge < -0.3 is 4.74 Å². The van der Waals surface area contributed by atoms with Gasteiger partial charge in [-0.3, -0.25) is 4.79 Å². The Hall–Kier alpha value is -1.22. The fourth-order valence-electron chi connectivity index (χ4n) is 1.79. The van der Waals surface area contributed by atoms with Crippen LogP contribution in [0.25, 0.3) is 0 Å². The van der Waals surface area contributed by atoms with E-state index in [0.717, 1.165) is 12.8 Å². The highest BCUT2D eigenvalue weighted by molar-refractivity contribution is 5.95. The molecule has 2 nitrogen and oxygen atoms in total. The molecule has 100 valence electrons. The molecule has 3 heteroatoms. The second-order valence-electron chi connectivity index (χ2n) is 4.50. The summed E-state index contributed by atoms with van der Waals surface area (Å²) < 4.78 is 18.3. The van der Waals surface area contributed by atoms with E-state index in [2.05, 4.69) is 6.92 Å². The quantitative estimate of drug-likeness (QED) is 0.516. The van der Waals surface area contributed by atoms with E-state index in [1.807, 2.05) is 6.92 Å². The van der Waals surface area contributed by atoms with Gasteiger partial charge >= 0.3 is 0 Å². The van der Waals surface area contributed by atoms with E-state index in [4.69, 9.17) is 4.74 Å². The second kappa shape index (κ2) is 7.98. The maximum absolute atomic E-state index is 12.7. The van der Waals surface area contributed by atoms with Crippen molar-refractivity contribution in [1.82, 2.24) is 0 Å². The Bertz CT molecular complexity index is 359. The summed E-state index contributed by atoms with van der Waals surface area (Å²) >= 11 is 0.